The van der Waals surface area contributed by atoms with Crippen molar-refractivity contribution in [3.8, 4) is 0 Å². The third-order valence-electron chi connectivity index (χ3n) is 3.92. The summed E-state index contributed by atoms with van der Waals surface area (Å²) >= 11 is 0. The number of ether oxygens (including phenoxy) is 1. The Morgan fingerprint density at radius 1 is 1.43 bits per heavy atom. The summed E-state index contributed by atoms with van der Waals surface area (Å²) < 4.78 is 4.97. The van der Waals surface area contributed by atoms with Crippen LogP contribution in [0.3, 0.4) is 0 Å². The van der Waals surface area contributed by atoms with Gasteiger partial charge in [0.05, 0.1) is 10.5 Å². The lowest BCUT2D eigenvalue weighted by atomic mass is 10.0. The normalized spacial score (nSPS) is 17.6. The zero-order valence-electron chi connectivity index (χ0n) is 12.9. The fraction of sp³-hybridized carbons (Fsp3) is 0.467. The van der Waals surface area contributed by atoms with Gasteiger partial charge < -0.3 is 15.4 Å². The molecule has 124 valence electrons. The average molecular weight is 321 g/mol. The molecule has 8 heteroatoms. The van der Waals surface area contributed by atoms with Gasteiger partial charge in [-0.3, -0.25) is 14.9 Å². The number of carbonyl (C=O) groups is 2. The van der Waals surface area contributed by atoms with Crippen molar-refractivity contribution in [3.05, 3.63) is 33.9 Å². The third kappa shape index (κ3) is 3.97. The van der Waals surface area contributed by atoms with Gasteiger partial charge in [0.2, 0.25) is 0 Å². The molecule has 0 aromatic heterocycles. The second kappa shape index (κ2) is 7.08. The van der Waals surface area contributed by atoms with Crippen molar-refractivity contribution in [1.29, 1.82) is 0 Å². The van der Waals surface area contributed by atoms with E-state index in [4.69, 9.17) is 10.5 Å². The summed E-state index contributed by atoms with van der Waals surface area (Å²) in [5.74, 6) is -1.11. The van der Waals surface area contributed by atoms with Crippen molar-refractivity contribution in [2.24, 2.45) is 0 Å². The highest BCUT2D eigenvalue weighted by atomic mass is 16.6. The number of likely N-dealkylation sites (tertiary alicyclic amines) is 1. The number of hydrogen-bond donors (Lipinski definition) is 1. The standard InChI is InChI=1S/C15H19N3O5/c1-10-4-2-3-7-17(10)14(19)9-23-15(20)12-8-11(18(21)22)5-6-13(12)16/h5-6,8,10H,2-4,7,9,16H2,1H3/t10-/m0/s1. The number of amides is 1. The minimum Gasteiger partial charge on any atom is -0.452 e. The maximum Gasteiger partial charge on any atom is 0.341 e. The molecule has 1 aromatic carbocycles. The van der Waals surface area contributed by atoms with E-state index in [0.29, 0.717) is 6.54 Å². The number of non-ortho nitro benzene ring substituents is 1. The summed E-state index contributed by atoms with van der Waals surface area (Å²) in [5.41, 5.74) is 5.34. The van der Waals surface area contributed by atoms with E-state index in [1.807, 2.05) is 6.92 Å². The van der Waals surface area contributed by atoms with Crippen LogP contribution in [-0.4, -0.2) is 40.9 Å². The van der Waals surface area contributed by atoms with Crippen molar-refractivity contribution in [2.75, 3.05) is 18.9 Å². The second-order valence-electron chi connectivity index (χ2n) is 5.54. The minimum atomic E-state index is -0.843. The van der Waals surface area contributed by atoms with Crippen LogP contribution in [0.4, 0.5) is 11.4 Å². The lowest BCUT2D eigenvalue weighted by Crippen LogP contribution is -2.44. The summed E-state index contributed by atoms with van der Waals surface area (Å²) in [7, 11) is 0. The molecule has 0 bridgehead atoms. The van der Waals surface area contributed by atoms with Crippen LogP contribution in [-0.2, 0) is 9.53 Å². The molecule has 1 heterocycles. The average Bonchev–Trinajstić information content (AvgIpc) is 2.53. The molecule has 2 rings (SSSR count). The Hall–Kier alpha value is -2.64. The Kier molecular flexibility index (Phi) is 5.15. The van der Waals surface area contributed by atoms with E-state index >= 15 is 0 Å². The number of anilines is 1. The van der Waals surface area contributed by atoms with Crippen LogP contribution in [0, 0.1) is 10.1 Å². The first-order valence-electron chi connectivity index (χ1n) is 7.40. The molecule has 0 aliphatic carbocycles. The van der Waals surface area contributed by atoms with Crippen molar-refractivity contribution >= 4 is 23.3 Å². The summed E-state index contributed by atoms with van der Waals surface area (Å²) in [6.45, 7) is 2.21. The Morgan fingerprint density at radius 2 is 2.17 bits per heavy atom. The molecule has 23 heavy (non-hydrogen) atoms. The molecule has 0 spiro atoms. The topological polar surface area (TPSA) is 116 Å². The zero-order chi connectivity index (χ0) is 17.0. The minimum absolute atomic E-state index is 0.0689. The maximum absolute atomic E-state index is 12.1. The molecule has 0 unspecified atom stereocenters. The molecule has 1 amide bonds. The van der Waals surface area contributed by atoms with Gasteiger partial charge in [-0.1, -0.05) is 0 Å². The number of nitrogens with two attached hydrogens (primary N) is 1. The van der Waals surface area contributed by atoms with Gasteiger partial charge >= 0.3 is 5.97 Å². The molecule has 2 N–H and O–H groups in total. The fourth-order valence-corrected chi connectivity index (χ4v) is 2.59. The van der Waals surface area contributed by atoms with Gasteiger partial charge in [-0.25, -0.2) is 4.79 Å². The van der Waals surface area contributed by atoms with Gasteiger partial charge in [0.1, 0.15) is 0 Å². The van der Waals surface area contributed by atoms with E-state index in [-0.39, 0.29) is 28.9 Å². The van der Waals surface area contributed by atoms with Crippen LogP contribution < -0.4 is 5.73 Å². The summed E-state index contributed by atoms with van der Waals surface area (Å²) in [5, 5.41) is 10.7. The van der Waals surface area contributed by atoms with Crippen LogP contribution in [0.5, 0.6) is 0 Å². The maximum atomic E-state index is 12.1. The largest absolute Gasteiger partial charge is 0.452 e. The van der Waals surface area contributed by atoms with Crippen molar-refractivity contribution < 1.29 is 19.2 Å². The number of nitrogens with zero attached hydrogens (tertiary/aromatic N) is 2. The zero-order valence-corrected chi connectivity index (χ0v) is 12.9. The first-order chi connectivity index (χ1) is 10.9. The number of benzene rings is 1. The Morgan fingerprint density at radius 3 is 2.83 bits per heavy atom. The van der Waals surface area contributed by atoms with E-state index in [2.05, 4.69) is 0 Å². The number of hydrogen-bond acceptors (Lipinski definition) is 6. The predicted octanol–water partition coefficient (Wildman–Crippen LogP) is 1.73. The molecule has 1 aromatic rings. The Bertz CT molecular complexity index is 632. The second-order valence-corrected chi connectivity index (χ2v) is 5.54. The van der Waals surface area contributed by atoms with E-state index in [1.165, 1.54) is 12.1 Å². The lowest BCUT2D eigenvalue weighted by Gasteiger charge is -2.33. The molecule has 1 atom stereocenters. The van der Waals surface area contributed by atoms with Gasteiger partial charge in [-0.05, 0) is 32.3 Å². The Labute approximate surface area is 133 Å². The number of nitro groups is 1. The highest BCUT2D eigenvalue weighted by Gasteiger charge is 2.25. The highest BCUT2D eigenvalue weighted by Crippen LogP contribution is 2.21. The molecule has 1 fully saturated rings. The van der Waals surface area contributed by atoms with Gasteiger partial charge in [0.25, 0.3) is 11.6 Å². The van der Waals surface area contributed by atoms with Crippen LogP contribution in [0.25, 0.3) is 0 Å². The van der Waals surface area contributed by atoms with Crippen molar-refractivity contribution in [3.63, 3.8) is 0 Å². The number of piperidine rings is 1. The first kappa shape index (κ1) is 16.7. The monoisotopic (exact) mass is 321 g/mol. The fourth-order valence-electron chi connectivity index (χ4n) is 2.59. The van der Waals surface area contributed by atoms with Crippen LogP contribution >= 0.6 is 0 Å². The highest BCUT2D eigenvalue weighted by molar-refractivity contribution is 5.97. The first-order valence-corrected chi connectivity index (χ1v) is 7.40. The van der Waals surface area contributed by atoms with Crippen molar-refractivity contribution in [2.45, 2.75) is 32.2 Å². The molecular formula is C15H19N3O5. The SMILES string of the molecule is C[C@H]1CCCCN1C(=O)COC(=O)c1cc([N+](=O)[O-])ccc1N. The van der Waals surface area contributed by atoms with Gasteiger partial charge in [0, 0.05) is 30.4 Å². The van der Waals surface area contributed by atoms with Gasteiger partial charge in [0.15, 0.2) is 6.61 Å². The third-order valence-corrected chi connectivity index (χ3v) is 3.92. The summed E-state index contributed by atoms with van der Waals surface area (Å²) in [4.78, 5) is 35.9. The Balaban J connectivity index is 2.00. The van der Waals surface area contributed by atoms with Crippen LogP contribution in [0.2, 0.25) is 0 Å². The molecular weight excluding hydrogens is 302 g/mol. The molecule has 1 saturated heterocycles. The molecule has 8 nitrogen and oxygen atoms in total. The molecule has 0 radical (unpaired) electrons. The predicted molar refractivity (Wildman–Crippen MR) is 82.8 cm³/mol. The molecule has 1 aliphatic heterocycles. The molecule has 0 saturated carbocycles. The number of carbonyl (C=O) groups excluding carboxylic acids is 2. The van der Waals surface area contributed by atoms with Gasteiger partial charge in [-0.2, -0.15) is 0 Å². The number of rotatable bonds is 4. The van der Waals surface area contributed by atoms with E-state index in [1.54, 1.807) is 4.90 Å². The summed E-state index contributed by atoms with van der Waals surface area (Å²) in [6, 6.07) is 3.64. The lowest BCUT2D eigenvalue weighted by molar-refractivity contribution is -0.384. The number of esters is 1. The van der Waals surface area contributed by atoms with E-state index < -0.39 is 17.5 Å². The smallest absolute Gasteiger partial charge is 0.341 e. The van der Waals surface area contributed by atoms with Crippen LogP contribution in [0.1, 0.15) is 36.5 Å². The number of nitrogen functional groups attached to an aromatic ring is 1. The van der Waals surface area contributed by atoms with Crippen LogP contribution in [0.15, 0.2) is 18.2 Å². The van der Waals surface area contributed by atoms with E-state index in [9.17, 15) is 19.7 Å². The number of nitro benzene ring substituents is 1. The molecule has 1 aliphatic rings. The van der Waals surface area contributed by atoms with E-state index in [0.717, 1.165) is 25.3 Å². The van der Waals surface area contributed by atoms with Crippen molar-refractivity contribution in [1.82, 2.24) is 4.90 Å². The summed E-state index contributed by atoms with van der Waals surface area (Å²) in [6.07, 6.45) is 2.94. The quantitative estimate of drug-likeness (QED) is 0.391. The van der Waals surface area contributed by atoms with Gasteiger partial charge in [-0.15, -0.1) is 0 Å².